The van der Waals surface area contributed by atoms with E-state index in [1.54, 1.807) is 4.68 Å². The average molecular weight is 222 g/mol. The number of hydrogen-bond donors (Lipinski definition) is 2. The molecule has 1 heterocycles. The summed E-state index contributed by atoms with van der Waals surface area (Å²) in [6, 6.07) is 0.220. The van der Waals surface area contributed by atoms with Crippen molar-refractivity contribution in [3.05, 3.63) is 30.6 Å². The van der Waals surface area contributed by atoms with Crippen molar-refractivity contribution >= 4 is 0 Å². The number of nitrogens with two attached hydrogens (primary N) is 1. The lowest BCUT2D eigenvalue weighted by Crippen LogP contribution is -2.27. The van der Waals surface area contributed by atoms with Crippen LogP contribution in [0.15, 0.2) is 25.0 Å². The first-order chi connectivity index (χ1) is 7.77. The van der Waals surface area contributed by atoms with Crippen LogP contribution in [0.3, 0.4) is 0 Å². The van der Waals surface area contributed by atoms with Gasteiger partial charge < -0.3 is 0 Å². The minimum Gasteiger partial charge on any atom is -0.275 e. The van der Waals surface area contributed by atoms with Crippen molar-refractivity contribution in [2.24, 2.45) is 12.9 Å². The first-order valence-corrected chi connectivity index (χ1v) is 5.83. The van der Waals surface area contributed by atoms with Crippen LogP contribution in [-0.4, -0.2) is 9.78 Å². The third-order valence-corrected chi connectivity index (χ3v) is 2.73. The maximum absolute atomic E-state index is 5.55. The van der Waals surface area contributed by atoms with Crippen LogP contribution < -0.4 is 11.3 Å². The predicted molar refractivity (Wildman–Crippen MR) is 66.6 cm³/mol. The van der Waals surface area contributed by atoms with Gasteiger partial charge in [0, 0.05) is 24.8 Å². The average Bonchev–Trinajstić information content (AvgIpc) is 2.70. The summed E-state index contributed by atoms with van der Waals surface area (Å²) in [6.45, 7) is 3.72. The molecule has 0 bridgehead atoms. The molecular formula is C12H22N4. The highest BCUT2D eigenvalue weighted by atomic mass is 15.3. The van der Waals surface area contributed by atoms with Crippen molar-refractivity contribution in [3.8, 4) is 0 Å². The first-order valence-electron chi connectivity index (χ1n) is 5.83. The zero-order chi connectivity index (χ0) is 11.8. The molecule has 16 heavy (non-hydrogen) atoms. The summed E-state index contributed by atoms with van der Waals surface area (Å²) in [4.78, 5) is 0. The monoisotopic (exact) mass is 222 g/mol. The van der Waals surface area contributed by atoms with Crippen LogP contribution in [0.25, 0.3) is 0 Å². The summed E-state index contributed by atoms with van der Waals surface area (Å²) in [7, 11) is 1.92. The van der Waals surface area contributed by atoms with Gasteiger partial charge in [0.15, 0.2) is 0 Å². The third kappa shape index (κ3) is 4.16. The predicted octanol–water partition coefficient (Wildman–Crippen LogP) is 2.06. The minimum absolute atomic E-state index is 0.220. The van der Waals surface area contributed by atoms with Gasteiger partial charge in [-0.15, -0.1) is 6.58 Å². The van der Waals surface area contributed by atoms with Crippen molar-refractivity contribution in [3.63, 3.8) is 0 Å². The molecule has 0 spiro atoms. The second kappa shape index (κ2) is 7.19. The zero-order valence-electron chi connectivity index (χ0n) is 10.0. The minimum atomic E-state index is 0.220. The molecule has 90 valence electrons. The number of aromatic nitrogens is 2. The van der Waals surface area contributed by atoms with Crippen molar-refractivity contribution < 1.29 is 0 Å². The molecule has 0 aromatic carbocycles. The maximum atomic E-state index is 5.55. The molecule has 4 nitrogen and oxygen atoms in total. The highest BCUT2D eigenvalue weighted by Crippen LogP contribution is 2.18. The van der Waals surface area contributed by atoms with E-state index in [2.05, 4.69) is 17.1 Å². The number of nitrogens with one attached hydrogen (secondary N) is 1. The fourth-order valence-electron chi connectivity index (χ4n) is 1.78. The molecule has 1 rings (SSSR count). The van der Waals surface area contributed by atoms with E-state index in [4.69, 9.17) is 5.84 Å². The van der Waals surface area contributed by atoms with Crippen molar-refractivity contribution in [1.29, 1.82) is 0 Å². The van der Waals surface area contributed by atoms with E-state index >= 15 is 0 Å². The molecule has 0 saturated heterocycles. The molecule has 0 aliphatic carbocycles. The van der Waals surface area contributed by atoms with E-state index in [-0.39, 0.29) is 6.04 Å². The van der Waals surface area contributed by atoms with Gasteiger partial charge in [-0.2, -0.15) is 5.10 Å². The van der Waals surface area contributed by atoms with E-state index in [0.29, 0.717) is 0 Å². The molecule has 1 atom stereocenters. The molecule has 1 aromatic rings. The fourth-order valence-corrected chi connectivity index (χ4v) is 1.78. The number of hydrazine groups is 1. The third-order valence-electron chi connectivity index (χ3n) is 2.73. The van der Waals surface area contributed by atoms with Gasteiger partial charge in [0.2, 0.25) is 0 Å². The SMILES string of the molecule is C=CCCCCCC(NN)c1cnn(C)c1. The highest BCUT2D eigenvalue weighted by Gasteiger charge is 2.10. The van der Waals surface area contributed by atoms with Crippen LogP contribution >= 0.6 is 0 Å². The standard InChI is InChI=1S/C12H22N4/c1-3-4-5-6-7-8-12(15-13)11-9-14-16(2)10-11/h3,9-10,12,15H,1,4-8,13H2,2H3. The Morgan fingerprint density at radius 3 is 2.94 bits per heavy atom. The largest absolute Gasteiger partial charge is 0.275 e. The topological polar surface area (TPSA) is 55.9 Å². The summed E-state index contributed by atoms with van der Waals surface area (Å²) in [5.41, 5.74) is 4.01. The van der Waals surface area contributed by atoms with Crippen LogP contribution in [0.4, 0.5) is 0 Å². The number of allylic oxidation sites excluding steroid dienone is 1. The Morgan fingerprint density at radius 2 is 2.38 bits per heavy atom. The van der Waals surface area contributed by atoms with Crippen molar-refractivity contribution in [1.82, 2.24) is 15.2 Å². The van der Waals surface area contributed by atoms with E-state index in [1.165, 1.54) is 19.3 Å². The van der Waals surface area contributed by atoms with Crippen molar-refractivity contribution in [2.75, 3.05) is 0 Å². The first kappa shape index (κ1) is 12.9. The lowest BCUT2D eigenvalue weighted by atomic mass is 10.0. The smallest absolute Gasteiger partial charge is 0.0538 e. The lowest BCUT2D eigenvalue weighted by Gasteiger charge is -2.13. The van der Waals surface area contributed by atoms with Gasteiger partial charge in [-0.05, 0) is 19.3 Å². The Hall–Kier alpha value is -1.13. The summed E-state index contributed by atoms with van der Waals surface area (Å²) in [5.74, 6) is 5.55. The summed E-state index contributed by atoms with van der Waals surface area (Å²) < 4.78 is 1.80. The number of unbranched alkanes of at least 4 members (excludes halogenated alkanes) is 3. The highest BCUT2D eigenvalue weighted by molar-refractivity contribution is 5.09. The molecule has 1 unspecified atom stereocenters. The summed E-state index contributed by atoms with van der Waals surface area (Å²) in [6.07, 6.45) is 11.6. The molecule has 0 amide bonds. The fraction of sp³-hybridized carbons (Fsp3) is 0.583. The Morgan fingerprint density at radius 1 is 1.56 bits per heavy atom. The van der Waals surface area contributed by atoms with E-state index in [0.717, 1.165) is 18.4 Å². The van der Waals surface area contributed by atoms with Gasteiger partial charge in [-0.25, -0.2) is 0 Å². The molecule has 0 aliphatic heterocycles. The quantitative estimate of drug-likeness (QED) is 0.306. The van der Waals surface area contributed by atoms with Crippen LogP contribution in [-0.2, 0) is 7.05 Å². The van der Waals surface area contributed by atoms with Gasteiger partial charge in [-0.1, -0.05) is 18.9 Å². The molecule has 0 radical (unpaired) electrons. The molecule has 3 N–H and O–H groups in total. The molecule has 1 aromatic heterocycles. The molecule has 4 heteroatoms. The number of rotatable bonds is 8. The van der Waals surface area contributed by atoms with Crippen LogP contribution in [0.2, 0.25) is 0 Å². The van der Waals surface area contributed by atoms with E-state index < -0.39 is 0 Å². The Kier molecular flexibility index (Phi) is 5.82. The summed E-state index contributed by atoms with van der Waals surface area (Å²) in [5, 5.41) is 4.15. The van der Waals surface area contributed by atoms with Gasteiger partial charge >= 0.3 is 0 Å². The lowest BCUT2D eigenvalue weighted by molar-refractivity contribution is 0.483. The van der Waals surface area contributed by atoms with Gasteiger partial charge in [0.05, 0.1) is 6.20 Å². The Bertz CT molecular complexity index is 306. The second-order valence-corrected chi connectivity index (χ2v) is 4.09. The molecular weight excluding hydrogens is 200 g/mol. The van der Waals surface area contributed by atoms with Gasteiger partial charge in [-0.3, -0.25) is 16.0 Å². The number of hydrogen-bond acceptors (Lipinski definition) is 3. The number of aryl methyl sites for hydroxylation is 1. The van der Waals surface area contributed by atoms with E-state index in [9.17, 15) is 0 Å². The Balaban J connectivity index is 2.29. The van der Waals surface area contributed by atoms with E-state index in [1.807, 2.05) is 25.5 Å². The molecule has 0 saturated carbocycles. The van der Waals surface area contributed by atoms with Crippen LogP contribution in [0.5, 0.6) is 0 Å². The van der Waals surface area contributed by atoms with Crippen molar-refractivity contribution in [2.45, 2.75) is 38.1 Å². The van der Waals surface area contributed by atoms with Gasteiger partial charge in [0.25, 0.3) is 0 Å². The van der Waals surface area contributed by atoms with Crippen LogP contribution in [0.1, 0.15) is 43.7 Å². The van der Waals surface area contributed by atoms with Crippen LogP contribution in [0, 0.1) is 0 Å². The Labute approximate surface area is 97.5 Å². The zero-order valence-corrected chi connectivity index (χ0v) is 10.0. The molecule has 0 aliphatic rings. The maximum Gasteiger partial charge on any atom is 0.0538 e. The molecule has 0 fully saturated rings. The summed E-state index contributed by atoms with van der Waals surface area (Å²) >= 11 is 0. The number of nitrogens with zero attached hydrogens (tertiary/aromatic N) is 2. The van der Waals surface area contributed by atoms with Gasteiger partial charge in [0.1, 0.15) is 0 Å². The second-order valence-electron chi connectivity index (χ2n) is 4.09. The normalized spacial score (nSPS) is 12.6.